The molecule has 1 atom stereocenters. The minimum atomic E-state index is 0.0378. The van der Waals surface area contributed by atoms with Crippen LogP contribution in [0.3, 0.4) is 0 Å². The molecule has 4 nitrogen and oxygen atoms in total. The molecular formula is C14H20N2O2. The maximum atomic E-state index is 12.3. The molecule has 2 aliphatic rings. The number of piperidine rings is 1. The van der Waals surface area contributed by atoms with Crippen LogP contribution in [-0.4, -0.2) is 47.9 Å². The summed E-state index contributed by atoms with van der Waals surface area (Å²) in [5.74, 6) is 0.501. The van der Waals surface area contributed by atoms with Gasteiger partial charge < -0.3 is 9.32 Å². The number of hydrogen-bond donors (Lipinski definition) is 0. The summed E-state index contributed by atoms with van der Waals surface area (Å²) in [6, 6.07) is 3.52. The molecule has 98 valence electrons. The van der Waals surface area contributed by atoms with Crippen molar-refractivity contribution < 1.29 is 9.21 Å². The molecule has 2 saturated heterocycles. The van der Waals surface area contributed by atoms with Crippen LogP contribution in [0.15, 0.2) is 22.8 Å². The Morgan fingerprint density at radius 1 is 1.33 bits per heavy atom. The molecule has 0 bridgehead atoms. The van der Waals surface area contributed by atoms with Crippen LogP contribution in [0, 0.1) is 0 Å². The van der Waals surface area contributed by atoms with E-state index in [9.17, 15) is 4.79 Å². The van der Waals surface area contributed by atoms with E-state index in [1.54, 1.807) is 18.4 Å². The fraction of sp³-hybridized carbons (Fsp3) is 0.643. The van der Waals surface area contributed by atoms with E-state index in [1.165, 1.54) is 19.3 Å². The summed E-state index contributed by atoms with van der Waals surface area (Å²) in [5.41, 5.74) is 0.223. The first-order chi connectivity index (χ1) is 8.71. The van der Waals surface area contributed by atoms with Crippen LogP contribution < -0.4 is 0 Å². The van der Waals surface area contributed by atoms with E-state index in [-0.39, 0.29) is 11.4 Å². The Hall–Kier alpha value is -1.29. The molecule has 0 aliphatic carbocycles. The quantitative estimate of drug-likeness (QED) is 0.762. The van der Waals surface area contributed by atoms with Gasteiger partial charge in [0.25, 0.3) is 5.91 Å². The second-order valence-electron chi connectivity index (χ2n) is 5.56. The summed E-state index contributed by atoms with van der Waals surface area (Å²) >= 11 is 0. The van der Waals surface area contributed by atoms with Crippen LogP contribution in [0.25, 0.3) is 0 Å². The van der Waals surface area contributed by atoms with Gasteiger partial charge in [-0.3, -0.25) is 9.69 Å². The molecule has 0 N–H and O–H groups in total. The van der Waals surface area contributed by atoms with Crippen molar-refractivity contribution in [3.8, 4) is 0 Å². The molecule has 1 spiro atoms. The lowest BCUT2D eigenvalue weighted by atomic mass is 9.86. The molecule has 1 aromatic rings. The minimum Gasteiger partial charge on any atom is -0.459 e. The van der Waals surface area contributed by atoms with Crippen LogP contribution in [-0.2, 0) is 0 Å². The number of likely N-dealkylation sites (tertiary alicyclic amines) is 2. The van der Waals surface area contributed by atoms with Crippen molar-refractivity contribution in [2.75, 3.05) is 26.7 Å². The van der Waals surface area contributed by atoms with E-state index in [1.807, 2.05) is 4.90 Å². The number of nitrogens with zero attached hydrogens (tertiary/aromatic N) is 2. The minimum absolute atomic E-state index is 0.0378. The van der Waals surface area contributed by atoms with Gasteiger partial charge in [0.1, 0.15) is 0 Å². The topological polar surface area (TPSA) is 36.7 Å². The molecule has 0 saturated carbocycles. The lowest BCUT2D eigenvalue weighted by Gasteiger charge is -2.42. The average Bonchev–Trinajstić information content (AvgIpc) is 3.03. The zero-order chi connectivity index (χ0) is 12.6. The molecule has 2 fully saturated rings. The van der Waals surface area contributed by atoms with Crippen LogP contribution >= 0.6 is 0 Å². The first-order valence-corrected chi connectivity index (χ1v) is 6.75. The van der Waals surface area contributed by atoms with Gasteiger partial charge in [-0.25, -0.2) is 0 Å². The predicted octanol–water partition coefficient (Wildman–Crippen LogP) is 1.98. The third-order valence-electron chi connectivity index (χ3n) is 4.55. The summed E-state index contributed by atoms with van der Waals surface area (Å²) in [4.78, 5) is 16.6. The average molecular weight is 248 g/mol. The molecule has 1 unspecified atom stereocenters. The van der Waals surface area contributed by atoms with Crippen molar-refractivity contribution in [1.29, 1.82) is 0 Å². The molecule has 2 aliphatic heterocycles. The number of rotatable bonds is 1. The Labute approximate surface area is 108 Å². The van der Waals surface area contributed by atoms with E-state index < -0.39 is 0 Å². The number of hydrogen-bond acceptors (Lipinski definition) is 3. The zero-order valence-electron chi connectivity index (χ0n) is 10.9. The lowest BCUT2D eigenvalue weighted by molar-refractivity contribution is 0.0616. The number of carbonyl (C=O) groups excluding carboxylic acids is 1. The summed E-state index contributed by atoms with van der Waals surface area (Å²) in [6.07, 6.45) is 6.44. The molecule has 0 aromatic carbocycles. The summed E-state index contributed by atoms with van der Waals surface area (Å²) in [7, 11) is 2.19. The van der Waals surface area contributed by atoms with Crippen molar-refractivity contribution in [2.24, 2.45) is 0 Å². The second-order valence-corrected chi connectivity index (χ2v) is 5.56. The van der Waals surface area contributed by atoms with Crippen LogP contribution in [0.1, 0.15) is 36.2 Å². The normalized spacial score (nSPS) is 29.1. The van der Waals surface area contributed by atoms with Crippen molar-refractivity contribution in [3.05, 3.63) is 24.2 Å². The maximum Gasteiger partial charge on any atom is 0.289 e. The summed E-state index contributed by atoms with van der Waals surface area (Å²) in [5, 5.41) is 0. The van der Waals surface area contributed by atoms with E-state index >= 15 is 0 Å². The van der Waals surface area contributed by atoms with Gasteiger partial charge >= 0.3 is 0 Å². The standard InChI is InChI=1S/C14H20N2O2/c1-15-8-3-2-6-14(15)7-9-16(11-14)13(17)12-5-4-10-18-12/h4-5,10H,2-3,6-9,11H2,1H3. The van der Waals surface area contributed by atoms with Crippen molar-refractivity contribution in [2.45, 2.75) is 31.2 Å². The first-order valence-electron chi connectivity index (χ1n) is 6.75. The van der Waals surface area contributed by atoms with Gasteiger partial charge in [-0.1, -0.05) is 6.42 Å². The highest BCUT2D eigenvalue weighted by Gasteiger charge is 2.44. The Kier molecular flexibility index (Phi) is 2.90. The second kappa shape index (κ2) is 4.43. The fourth-order valence-electron chi connectivity index (χ4n) is 3.33. The van der Waals surface area contributed by atoms with Crippen LogP contribution in [0.4, 0.5) is 0 Å². The molecule has 3 heterocycles. The smallest absolute Gasteiger partial charge is 0.289 e. The number of furan rings is 1. The SMILES string of the molecule is CN1CCCCC12CCN(C(=O)c1ccco1)C2. The Bertz CT molecular complexity index is 429. The Morgan fingerprint density at radius 3 is 2.94 bits per heavy atom. The number of likely N-dealkylation sites (N-methyl/N-ethyl adjacent to an activating group) is 1. The van der Waals surface area contributed by atoms with Gasteiger partial charge in [-0.2, -0.15) is 0 Å². The Morgan fingerprint density at radius 2 is 2.22 bits per heavy atom. The lowest BCUT2D eigenvalue weighted by Crippen LogP contribution is -2.51. The van der Waals surface area contributed by atoms with E-state index in [0.29, 0.717) is 5.76 Å². The molecule has 3 rings (SSSR count). The van der Waals surface area contributed by atoms with Crippen LogP contribution in [0.2, 0.25) is 0 Å². The molecule has 1 aromatic heterocycles. The van der Waals surface area contributed by atoms with E-state index in [2.05, 4.69) is 11.9 Å². The predicted molar refractivity (Wildman–Crippen MR) is 68.4 cm³/mol. The molecule has 18 heavy (non-hydrogen) atoms. The van der Waals surface area contributed by atoms with Crippen molar-refractivity contribution in [1.82, 2.24) is 9.80 Å². The molecular weight excluding hydrogens is 228 g/mol. The van der Waals surface area contributed by atoms with Gasteiger partial charge in [0.05, 0.1) is 6.26 Å². The van der Waals surface area contributed by atoms with Crippen molar-refractivity contribution in [3.63, 3.8) is 0 Å². The van der Waals surface area contributed by atoms with Crippen molar-refractivity contribution >= 4 is 5.91 Å². The van der Waals surface area contributed by atoms with Gasteiger partial charge in [-0.05, 0) is 45.0 Å². The van der Waals surface area contributed by atoms with E-state index in [4.69, 9.17) is 4.42 Å². The van der Waals surface area contributed by atoms with Crippen LogP contribution in [0.5, 0.6) is 0 Å². The number of carbonyl (C=O) groups is 1. The maximum absolute atomic E-state index is 12.3. The van der Waals surface area contributed by atoms with Gasteiger partial charge in [-0.15, -0.1) is 0 Å². The molecule has 0 radical (unpaired) electrons. The summed E-state index contributed by atoms with van der Waals surface area (Å²) in [6.45, 7) is 2.86. The largest absolute Gasteiger partial charge is 0.459 e. The fourth-order valence-corrected chi connectivity index (χ4v) is 3.33. The first kappa shape index (κ1) is 11.8. The molecule has 1 amide bonds. The van der Waals surface area contributed by atoms with Gasteiger partial charge in [0.2, 0.25) is 0 Å². The highest BCUT2D eigenvalue weighted by Crippen LogP contribution is 2.35. The van der Waals surface area contributed by atoms with Gasteiger partial charge in [0.15, 0.2) is 5.76 Å². The monoisotopic (exact) mass is 248 g/mol. The number of amides is 1. The third kappa shape index (κ3) is 1.85. The summed E-state index contributed by atoms with van der Waals surface area (Å²) < 4.78 is 5.21. The highest BCUT2D eigenvalue weighted by molar-refractivity contribution is 5.91. The third-order valence-corrected chi connectivity index (χ3v) is 4.55. The highest BCUT2D eigenvalue weighted by atomic mass is 16.3. The van der Waals surface area contributed by atoms with Gasteiger partial charge in [0, 0.05) is 18.6 Å². The Balaban J connectivity index is 1.73. The molecule has 4 heteroatoms. The zero-order valence-corrected chi connectivity index (χ0v) is 10.9. The van der Waals surface area contributed by atoms with E-state index in [0.717, 1.165) is 26.1 Å².